The van der Waals surface area contributed by atoms with Crippen molar-refractivity contribution in [3.8, 4) is 16.9 Å². The van der Waals surface area contributed by atoms with E-state index in [1.807, 2.05) is 66.7 Å². The van der Waals surface area contributed by atoms with E-state index in [4.69, 9.17) is 16.3 Å². The van der Waals surface area contributed by atoms with Crippen LogP contribution >= 0.6 is 11.6 Å². The molecule has 3 aromatic carbocycles. The Kier molecular flexibility index (Phi) is 5.31. The number of nitrogens with zero attached hydrogens (tertiary/aromatic N) is 1. The number of nitrogens with one attached hydrogen (secondary N) is 2. The van der Waals surface area contributed by atoms with E-state index in [1.54, 1.807) is 19.4 Å². The highest BCUT2D eigenvalue weighted by atomic mass is 35.5. The van der Waals surface area contributed by atoms with Gasteiger partial charge in [0.05, 0.1) is 13.3 Å². The molecule has 0 fully saturated rings. The van der Waals surface area contributed by atoms with Crippen molar-refractivity contribution in [2.24, 2.45) is 5.10 Å². The van der Waals surface area contributed by atoms with Crippen LogP contribution < -0.4 is 10.2 Å². The molecular weight excluding hydrogens is 386 g/mol. The summed E-state index contributed by atoms with van der Waals surface area (Å²) in [7, 11) is 1.61. The molecule has 6 heteroatoms. The maximum Gasteiger partial charge on any atom is 0.288 e. The number of H-pyrrole nitrogens is 1. The Hall–Kier alpha value is -3.57. The van der Waals surface area contributed by atoms with Gasteiger partial charge in [0.1, 0.15) is 11.4 Å². The van der Waals surface area contributed by atoms with Crippen LogP contribution in [0, 0.1) is 0 Å². The normalized spacial score (nSPS) is 11.1. The van der Waals surface area contributed by atoms with Gasteiger partial charge in [0.15, 0.2) is 0 Å². The number of hydrogen-bond donors (Lipinski definition) is 2. The number of fused-ring (bicyclic) bond motifs is 1. The van der Waals surface area contributed by atoms with E-state index in [0.29, 0.717) is 10.7 Å². The fraction of sp³-hybridized carbons (Fsp3) is 0.0435. The lowest BCUT2D eigenvalue weighted by Crippen LogP contribution is -2.18. The van der Waals surface area contributed by atoms with E-state index in [2.05, 4.69) is 15.5 Å². The lowest BCUT2D eigenvalue weighted by molar-refractivity contribution is 0.0951. The smallest absolute Gasteiger partial charge is 0.288 e. The zero-order chi connectivity index (χ0) is 20.2. The van der Waals surface area contributed by atoms with E-state index < -0.39 is 0 Å². The fourth-order valence-corrected chi connectivity index (χ4v) is 3.32. The number of aromatic nitrogens is 1. The van der Waals surface area contributed by atoms with Crippen molar-refractivity contribution in [2.45, 2.75) is 0 Å². The van der Waals surface area contributed by atoms with Crippen LogP contribution in [0.2, 0.25) is 5.02 Å². The summed E-state index contributed by atoms with van der Waals surface area (Å²) < 4.78 is 5.13. The third-order valence-corrected chi connectivity index (χ3v) is 4.78. The first-order chi connectivity index (χ1) is 14.2. The summed E-state index contributed by atoms with van der Waals surface area (Å²) in [6.45, 7) is 0. The molecule has 0 spiro atoms. The summed E-state index contributed by atoms with van der Waals surface area (Å²) in [5.41, 5.74) is 6.42. The predicted molar refractivity (Wildman–Crippen MR) is 117 cm³/mol. The molecule has 144 valence electrons. The topological polar surface area (TPSA) is 66.5 Å². The lowest BCUT2D eigenvalue weighted by Gasteiger charge is -2.04. The van der Waals surface area contributed by atoms with Gasteiger partial charge in [-0.15, -0.1) is 0 Å². The van der Waals surface area contributed by atoms with E-state index in [-0.39, 0.29) is 5.91 Å². The Bertz CT molecular complexity index is 1180. The van der Waals surface area contributed by atoms with Gasteiger partial charge in [-0.2, -0.15) is 5.10 Å². The summed E-state index contributed by atoms with van der Waals surface area (Å²) in [5, 5.41) is 5.58. The number of hydrazone groups is 1. The van der Waals surface area contributed by atoms with Gasteiger partial charge in [0.2, 0.25) is 0 Å². The highest BCUT2D eigenvalue weighted by molar-refractivity contribution is 6.31. The average Bonchev–Trinajstić information content (AvgIpc) is 3.13. The summed E-state index contributed by atoms with van der Waals surface area (Å²) >= 11 is 6.19. The van der Waals surface area contributed by atoms with E-state index in [9.17, 15) is 4.79 Å². The first-order valence-corrected chi connectivity index (χ1v) is 9.37. The number of carbonyl (C=O) groups excluding carboxylic acids is 1. The second-order valence-corrected chi connectivity index (χ2v) is 6.84. The quantitative estimate of drug-likeness (QED) is 0.352. The second-order valence-electron chi connectivity index (χ2n) is 6.40. The van der Waals surface area contributed by atoms with Crippen molar-refractivity contribution < 1.29 is 9.53 Å². The van der Waals surface area contributed by atoms with Crippen molar-refractivity contribution in [2.75, 3.05) is 7.11 Å². The minimum absolute atomic E-state index is 0.332. The molecule has 29 heavy (non-hydrogen) atoms. The number of ether oxygens (including phenoxy) is 1. The second kappa shape index (κ2) is 8.20. The molecule has 0 aliphatic carbocycles. The van der Waals surface area contributed by atoms with Crippen LogP contribution in [0.15, 0.2) is 77.9 Å². The maximum atomic E-state index is 12.9. The average molecular weight is 404 g/mol. The zero-order valence-corrected chi connectivity index (χ0v) is 16.4. The summed E-state index contributed by atoms with van der Waals surface area (Å²) in [5.74, 6) is 0.427. The van der Waals surface area contributed by atoms with Crippen molar-refractivity contribution in [3.05, 3.63) is 89.1 Å². The third-order valence-electron chi connectivity index (χ3n) is 4.55. The van der Waals surface area contributed by atoms with Crippen LogP contribution in [0.1, 0.15) is 16.1 Å². The maximum absolute atomic E-state index is 12.9. The Labute approximate surface area is 173 Å². The van der Waals surface area contributed by atoms with Crippen LogP contribution in [-0.4, -0.2) is 24.2 Å². The van der Waals surface area contributed by atoms with Gasteiger partial charge in [-0.1, -0.05) is 41.9 Å². The highest BCUT2D eigenvalue weighted by Gasteiger charge is 2.19. The van der Waals surface area contributed by atoms with Crippen molar-refractivity contribution in [1.29, 1.82) is 0 Å². The molecule has 0 aliphatic rings. The lowest BCUT2D eigenvalue weighted by atomic mass is 10.0. The molecule has 1 aromatic heterocycles. The minimum Gasteiger partial charge on any atom is -0.497 e. The van der Waals surface area contributed by atoms with Gasteiger partial charge in [0, 0.05) is 21.5 Å². The fourth-order valence-electron chi connectivity index (χ4n) is 3.15. The first-order valence-electron chi connectivity index (χ1n) is 9.00. The number of rotatable bonds is 5. The van der Waals surface area contributed by atoms with Gasteiger partial charge < -0.3 is 9.72 Å². The molecule has 1 amide bonds. The summed E-state index contributed by atoms with van der Waals surface area (Å²) in [6, 6.07) is 22.6. The summed E-state index contributed by atoms with van der Waals surface area (Å²) in [4.78, 5) is 16.1. The van der Waals surface area contributed by atoms with Gasteiger partial charge >= 0.3 is 0 Å². The molecule has 2 N–H and O–H groups in total. The molecule has 5 nitrogen and oxygen atoms in total. The Morgan fingerprint density at radius 1 is 1.07 bits per heavy atom. The van der Waals surface area contributed by atoms with E-state index in [1.165, 1.54) is 0 Å². The van der Waals surface area contributed by atoms with Crippen LogP contribution in [0.5, 0.6) is 5.75 Å². The van der Waals surface area contributed by atoms with Crippen LogP contribution in [0.25, 0.3) is 22.0 Å². The van der Waals surface area contributed by atoms with Gasteiger partial charge in [-0.3, -0.25) is 4.79 Å². The van der Waals surface area contributed by atoms with Crippen LogP contribution in [0.3, 0.4) is 0 Å². The highest BCUT2D eigenvalue weighted by Crippen LogP contribution is 2.34. The van der Waals surface area contributed by atoms with Crippen molar-refractivity contribution in [3.63, 3.8) is 0 Å². The molecule has 0 saturated carbocycles. The SMILES string of the molecule is COc1ccc(C=NNC(=O)c2[nH]c3ccc(Cl)cc3c2-c2ccccc2)cc1. The number of hydrogen-bond acceptors (Lipinski definition) is 3. The van der Waals surface area contributed by atoms with Crippen LogP contribution in [0.4, 0.5) is 0 Å². The molecule has 1 heterocycles. The molecule has 0 aliphatic heterocycles. The molecule has 0 bridgehead atoms. The number of benzene rings is 3. The number of carbonyl (C=O) groups is 1. The Morgan fingerprint density at radius 2 is 1.83 bits per heavy atom. The van der Waals surface area contributed by atoms with Crippen molar-refractivity contribution in [1.82, 2.24) is 10.4 Å². The zero-order valence-electron chi connectivity index (χ0n) is 15.6. The third kappa shape index (κ3) is 4.00. The number of amides is 1. The molecule has 4 rings (SSSR count). The minimum atomic E-state index is -0.332. The van der Waals surface area contributed by atoms with E-state index in [0.717, 1.165) is 33.3 Å². The largest absolute Gasteiger partial charge is 0.497 e. The predicted octanol–water partition coefficient (Wildman–Crippen LogP) is 5.26. The monoisotopic (exact) mass is 403 g/mol. The molecule has 4 aromatic rings. The van der Waals surface area contributed by atoms with Gasteiger partial charge in [0.25, 0.3) is 5.91 Å². The van der Waals surface area contributed by atoms with Crippen LogP contribution in [-0.2, 0) is 0 Å². The van der Waals surface area contributed by atoms with Gasteiger partial charge in [-0.05, 0) is 53.6 Å². The summed E-state index contributed by atoms with van der Waals surface area (Å²) in [6.07, 6.45) is 1.58. The number of aromatic amines is 1. The van der Waals surface area contributed by atoms with E-state index >= 15 is 0 Å². The van der Waals surface area contributed by atoms with Gasteiger partial charge in [-0.25, -0.2) is 5.43 Å². The van der Waals surface area contributed by atoms with Crippen molar-refractivity contribution >= 4 is 34.6 Å². The molecule has 0 unspecified atom stereocenters. The first kappa shape index (κ1) is 18.8. The molecule has 0 radical (unpaired) electrons. The number of methoxy groups -OCH3 is 1. The number of halogens is 1. The molecule has 0 atom stereocenters. The molecule has 0 saturated heterocycles. The Morgan fingerprint density at radius 3 is 2.55 bits per heavy atom. The molecular formula is C23H18ClN3O2. The standard InChI is InChI=1S/C23H18ClN3O2/c1-29-18-10-7-15(8-11-18)14-25-27-23(28)22-21(16-5-3-2-4-6-16)19-13-17(24)9-12-20(19)26-22/h2-14,26H,1H3,(H,27,28). The Balaban J connectivity index is 1.65.